The lowest BCUT2D eigenvalue weighted by molar-refractivity contribution is 0.0937. The number of rotatable bonds is 6. The number of halogens is 1. The first-order valence-corrected chi connectivity index (χ1v) is 8.57. The number of H-pyrrole nitrogens is 1. The standard InChI is InChI=1S/C19H17BrN4O2/c1-12(13-3-7-15(20)8-4-13)21-24-19(25)18-11-17(22-23-18)14-5-9-16(26-2)10-6-14/h3-11,21H,1H2,2H3,(H,22,23)(H,24,25). The quantitative estimate of drug-likeness (QED) is 0.538. The summed E-state index contributed by atoms with van der Waals surface area (Å²) in [6.07, 6.45) is 0. The molecule has 0 atom stereocenters. The first-order chi connectivity index (χ1) is 12.6. The van der Waals surface area contributed by atoms with Gasteiger partial charge in [-0.2, -0.15) is 5.10 Å². The fourth-order valence-corrected chi connectivity index (χ4v) is 2.53. The summed E-state index contributed by atoms with van der Waals surface area (Å²) in [6.45, 7) is 3.91. The van der Waals surface area contributed by atoms with Gasteiger partial charge in [0.15, 0.2) is 0 Å². The number of carbonyl (C=O) groups is 1. The molecule has 0 saturated carbocycles. The van der Waals surface area contributed by atoms with E-state index in [-0.39, 0.29) is 5.91 Å². The number of nitrogens with zero attached hydrogens (tertiary/aromatic N) is 1. The average Bonchev–Trinajstić information content (AvgIpc) is 3.17. The Morgan fingerprint density at radius 1 is 1.12 bits per heavy atom. The van der Waals surface area contributed by atoms with Gasteiger partial charge in [0, 0.05) is 10.0 Å². The second-order valence-corrected chi connectivity index (χ2v) is 6.38. The molecule has 0 unspecified atom stereocenters. The molecule has 0 saturated heterocycles. The van der Waals surface area contributed by atoms with Crippen LogP contribution in [-0.2, 0) is 0 Å². The SMILES string of the molecule is C=C(NNC(=O)c1cc(-c2ccc(OC)cc2)n[nH]1)c1ccc(Br)cc1. The first kappa shape index (κ1) is 17.8. The molecule has 0 aliphatic heterocycles. The zero-order valence-electron chi connectivity index (χ0n) is 14.0. The monoisotopic (exact) mass is 412 g/mol. The van der Waals surface area contributed by atoms with Crippen molar-refractivity contribution in [1.29, 1.82) is 0 Å². The molecule has 1 heterocycles. The molecule has 26 heavy (non-hydrogen) atoms. The maximum atomic E-state index is 12.3. The summed E-state index contributed by atoms with van der Waals surface area (Å²) in [5.41, 5.74) is 8.76. The summed E-state index contributed by atoms with van der Waals surface area (Å²) in [7, 11) is 1.61. The largest absolute Gasteiger partial charge is 0.497 e. The summed E-state index contributed by atoms with van der Waals surface area (Å²) in [5, 5.41) is 6.91. The molecule has 0 aliphatic carbocycles. The molecule has 0 radical (unpaired) electrons. The summed E-state index contributed by atoms with van der Waals surface area (Å²) in [6, 6.07) is 16.7. The lowest BCUT2D eigenvalue weighted by atomic mass is 10.1. The van der Waals surface area contributed by atoms with E-state index >= 15 is 0 Å². The molecular formula is C19H17BrN4O2. The average molecular weight is 413 g/mol. The molecule has 7 heteroatoms. The number of benzene rings is 2. The van der Waals surface area contributed by atoms with Crippen molar-refractivity contribution in [2.24, 2.45) is 0 Å². The number of methoxy groups -OCH3 is 1. The van der Waals surface area contributed by atoms with Crippen LogP contribution in [0.25, 0.3) is 17.0 Å². The topological polar surface area (TPSA) is 79.0 Å². The number of carbonyl (C=O) groups excluding carboxylic acids is 1. The second kappa shape index (κ2) is 7.88. The van der Waals surface area contributed by atoms with Crippen molar-refractivity contribution in [2.75, 3.05) is 7.11 Å². The van der Waals surface area contributed by atoms with Gasteiger partial charge in [0.2, 0.25) is 0 Å². The van der Waals surface area contributed by atoms with Crippen LogP contribution >= 0.6 is 15.9 Å². The Morgan fingerprint density at radius 2 is 1.81 bits per heavy atom. The number of aromatic amines is 1. The Kier molecular flexibility index (Phi) is 5.38. The highest BCUT2D eigenvalue weighted by Gasteiger charge is 2.11. The van der Waals surface area contributed by atoms with E-state index in [9.17, 15) is 4.79 Å². The molecule has 0 spiro atoms. The molecule has 1 amide bonds. The highest BCUT2D eigenvalue weighted by Crippen LogP contribution is 2.21. The second-order valence-electron chi connectivity index (χ2n) is 5.46. The van der Waals surface area contributed by atoms with E-state index in [0.717, 1.165) is 21.3 Å². The Bertz CT molecular complexity index is 917. The number of amides is 1. The third kappa shape index (κ3) is 4.12. The molecule has 3 aromatic rings. The van der Waals surface area contributed by atoms with Crippen molar-refractivity contribution in [2.45, 2.75) is 0 Å². The lowest BCUT2D eigenvalue weighted by Crippen LogP contribution is -2.36. The highest BCUT2D eigenvalue weighted by molar-refractivity contribution is 9.10. The predicted octanol–water partition coefficient (Wildman–Crippen LogP) is 3.75. The van der Waals surface area contributed by atoms with Gasteiger partial charge in [0.25, 0.3) is 5.91 Å². The third-order valence-electron chi connectivity index (χ3n) is 3.73. The van der Waals surface area contributed by atoms with E-state index in [1.807, 2.05) is 48.5 Å². The summed E-state index contributed by atoms with van der Waals surface area (Å²) >= 11 is 3.38. The molecular weight excluding hydrogens is 396 g/mol. The Morgan fingerprint density at radius 3 is 2.46 bits per heavy atom. The Balaban J connectivity index is 1.62. The van der Waals surface area contributed by atoms with Gasteiger partial charge in [-0.15, -0.1) is 0 Å². The van der Waals surface area contributed by atoms with Crippen LogP contribution in [-0.4, -0.2) is 23.2 Å². The lowest BCUT2D eigenvalue weighted by Gasteiger charge is -2.10. The molecule has 6 nitrogen and oxygen atoms in total. The van der Waals surface area contributed by atoms with Gasteiger partial charge >= 0.3 is 0 Å². The maximum absolute atomic E-state index is 12.3. The van der Waals surface area contributed by atoms with Crippen molar-refractivity contribution < 1.29 is 9.53 Å². The van der Waals surface area contributed by atoms with Gasteiger partial charge in [0.05, 0.1) is 18.5 Å². The minimum atomic E-state index is -0.337. The van der Waals surface area contributed by atoms with Crippen LogP contribution < -0.4 is 15.6 Å². The molecule has 2 aromatic carbocycles. The number of hydrazine groups is 1. The van der Waals surface area contributed by atoms with Crippen LogP contribution in [0.5, 0.6) is 5.75 Å². The van der Waals surface area contributed by atoms with E-state index in [4.69, 9.17) is 4.74 Å². The minimum absolute atomic E-state index is 0.337. The van der Waals surface area contributed by atoms with Gasteiger partial charge in [-0.3, -0.25) is 20.7 Å². The van der Waals surface area contributed by atoms with Gasteiger partial charge < -0.3 is 4.74 Å². The molecule has 132 valence electrons. The molecule has 3 rings (SSSR count). The zero-order valence-corrected chi connectivity index (χ0v) is 15.6. The van der Waals surface area contributed by atoms with Gasteiger partial charge in [-0.25, -0.2) is 0 Å². The van der Waals surface area contributed by atoms with Crippen molar-refractivity contribution in [1.82, 2.24) is 21.0 Å². The molecule has 0 fully saturated rings. The number of hydrogen-bond donors (Lipinski definition) is 3. The van der Waals surface area contributed by atoms with Gasteiger partial charge in [0.1, 0.15) is 11.4 Å². The number of aromatic nitrogens is 2. The number of ether oxygens (including phenoxy) is 1. The van der Waals surface area contributed by atoms with Crippen molar-refractivity contribution in [3.05, 3.63) is 76.9 Å². The van der Waals surface area contributed by atoms with Crippen LogP contribution in [0.4, 0.5) is 0 Å². The normalized spacial score (nSPS) is 10.2. The Labute approximate surface area is 159 Å². The van der Waals surface area contributed by atoms with Crippen LogP contribution in [0.15, 0.2) is 65.6 Å². The summed E-state index contributed by atoms with van der Waals surface area (Å²) in [4.78, 5) is 12.3. The Hall–Kier alpha value is -3.06. The van der Waals surface area contributed by atoms with Crippen molar-refractivity contribution in [3.63, 3.8) is 0 Å². The smallest absolute Gasteiger partial charge is 0.287 e. The van der Waals surface area contributed by atoms with E-state index < -0.39 is 0 Å². The van der Waals surface area contributed by atoms with Gasteiger partial charge in [-0.1, -0.05) is 34.6 Å². The van der Waals surface area contributed by atoms with E-state index in [2.05, 4.69) is 43.6 Å². The van der Waals surface area contributed by atoms with E-state index in [1.54, 1.807) is 13.2 Å². The fraction of sp³-hybridized carbons (Fsp3) is 0.0526. The fourth-order valence-electron chi connectivity index (χ4n) is 2.27. The molecule has 0 aliphatic rings. The van der Waals surface area contributed by atoms with Gasteiger partial charge in [-0.05, 0) is 48.0 Å². The first-order valence-electron chi connectivity index (χ1n) is 7.78. The zero-order chi connectivity index (χ0) is 18.5. The van der Waals surface area contributed by atoms with Crippen molar-refractivity contribution >= 4 is 27.5 Å². The van der Waals surface area contributed by atoms with Crippen LogP contribution in [0, 0.1) is 0 Å². The van der Waals surface area contributed by atoms with E-state index in [0.29, 0.717) is 17.1 Å². The molecule has 0 bridgehead atoms. The molecule has 3 N–H and O–H groups in total. The highest BCUT2D eigenvalue weighted by atomic mass is 79.9. The van der Waals surface area contributed by atoms with Crippen LogP contribution in [0.3, 0.4) is 0 Å². The van der Waals surface area contributed by atoms with Crippen molar-refractivity contribution in [3.8, 4) is 17.0 Å². The third-order valence-corrected chi connectivity index (χ3v) is 4.26. The van der Waals surface area contributed by atoms with Crippen LogP contribution in [0.1, 0.15) is 16.1 Å². The number of hydrogen-bond acceptors (Lipinski definition) is 4. The molecule has 1 aromatic heterocycles. The minimum Gasteiger partial charge on any atom is -0.497 e. The summed E-state index contributed by atoms with van der Waals surface area (Å²) < 4.78 is 6.11. The number of nitrogens with one attached hydrogen (secondary N) is 3. The maximum Gasteiger partial charge on any atom is 0.287 e. The van der Waals surface area contributed by atoms with E-state index in [1.165, 1.54) is 0 Å². The predicted molar refractivity (Wildman–Crippen MR) is 104 cm³/mol. The summed E-state index contributed by atoms with van der Waals surface area (Å²) in [5.74, 6) is 0.424. The van der Waals surface area contributed by atoms with Crippen LogP contribution in [0.2, 0.25) is 0 Å².